The van der Waals surface area contributed by atoms with Gasteiger partial charge in [0.1, 0.15) is 0 Å². The molecule has 1 aliphatic rings. The average molecular weight is 302 g/mol. The van der Waals surface area contributed by atoms with E-state index < -0.39 is 11.4 Å². The van der Waals surface area contributed by atoms with E-state index >= 15 is 0 Å². The minimum atomic E-state index is -0.781. The molecule has 0 radical (unpaired) electrons. The van der Waals surface area contributed by atoms with Crippen LogP contribution in [0, 0.1) is 11.3 Å². The van der Waals surface area contributed by atoms with Crippen LogP contribution in [0.15, 0.2) is 0 Å². The molecule has 2 N–H and O–H groups in total. The zero-order valence-corrected chi connectivity index (χ0v) is 13.5. The van der Waals surface area contributed by atoms with E-state index in [1.54, 1.807) is 23.7 Å². The second-order valence-electron chi connectivity index (χ2n) is 5.84. The third-order valence-electron chi connectivity index (χ3n) is 4.24. The molecule has 1 rings (SSSR count). The Morgan fingerprint density at radius 2 is 2.00 bits per heavy atom. The second kappa shape index (κ2) is 7.76. The zero-order valence-electron chi connectivity index (χ0n) is 12.6. The van der Waals surface area contributed by atoms with Crippen molar-refractivity contribution in [2.45, 2.75) is 32.6 Å². The molecule has 0 aliphatic heterocycles. The van der Waals surface area contributed by atoms with Crippen LogP contribution < -0.4 is 5.32 Å². The van der Waals surface area contributed by atoms with Gasteiger partial charge in [-0.15, -0.1) is 0 Å². The predicted molar refractivity (Wildman–Crippen MR) is 82.1 cm³/mol. The van der Waals surface area contributed by atoms with Crippen LogP contribution in [0.25, 0.3) is 0 Å². The Morgan fingerprint density at radius 3 is 2.50 bits per heavy atom. The molecule has 0 aromatic rings. The van der Waals surface area contributed by atoms with E-state index in [9.17, 15) is 14.7 Å². The van der Waals surface area contributed by atoms with Gasteiger partial charge in [-0.25, -0.2) is 4.79 Å². The van der Waals surface area contributed by atoms with Crippen LogP contribution in [0.1, 0.15) is 32.6 Å². The Labute approximate surface area is 125 Å². The van der Waals surface area contributed by atoms with Crippen molar-refractivity contribution in [3.05, 3.63) is 0 Å². The van der Waals surface area contributed by atoms with Crippen LogP contribution in [0.5, 0.6) is 0 Å². The normalized spacial score (nSPS) is 26.1. The number of nitrogens with one attached hydrogen (secondary N) is 1. The molecule has 0 unspecified atom stereocenters. The summed E-state index contributed by atoms with van der Waals surface area (Å²) >= 11 is 1.68. The number of hydrogen-bond donors (Lipinski definition) is 2. The fourth-order valence-corrected chi connectivity index (χ4v) is 2.95. The summed E-state index contributed by atoms with van der Waals surface area (Å²) in [5.74, 6) is 0.685. The lowest BCUT2D eigenvalue weighted by atomic mass is 9.71. The number of nitrogens with zero attached hydrogens (tertiary/aromatic N) is 1. The van der Waals surface area contributed by atoms with E-state index in [0.29, 0.717) is 25.3 Å². The SMILES string of the molecule is CSCCN(C)C(=O)NCC1(C(=O)O)CCC(C)CC1. The van der Waals surface area contributed by atoms with Gasteiger partial charge in [-0.2, -0.15) is 11.8 Å². The van der Waals surface area contributed by atoms with Crippen molar-refractivity contribution in [3.63, 3.8) is 0 Å². The number of hydrogen-bond acceptors (Lipinski definition) is 3. The van der Waals surface area contributed by atoms with Crippen molar-refractivity contribution >= 4 is 23.8 Å². The zero-order chi connectivity index (χ0) is 15.2. The maximum atomic E-state index is 11.9. The van der Waals surface area contributed by atoms with Crippen molar-refractivity contribution in [3.8, 4) is 0 Å². The van der Waals surface area contributed by atoms with Gasteiger partial charge in [-0.05, 0) is 37.9 Å². The minimum Gasteiger partial charge on any atom is -0.481 e. The molecule has 0 aromatic heterocycles. The third-order valence-corrected chi connectivity index (χ3v) is 4.83. The number of amides is 2. The molecule has 6 heteroatoms. The summed E-state index contributed by atoms with van der Waals surface area (Å²) in [5.41, 5.74) is -0.775. The summed E-state index contributed by atoms with van der Waals surface area (Å²) < 4.78 is 0. The molecular weight excluding hydrogens is 276 g/mol. The molecule has 1 aliphatic carbocycles. The van der Waals surface area contributed by atoms with Gasteiger partial charge in [0.05, 0.1) is 5.41 Å². The highest BCUT2D eigenvalue weighted by atomic mass is 32.2. The van der Waals surface area contributed by atoms with Crippen LogP contribution in [-0.4, -0.2) is 54.2 Å². The van der Waals surface area contributed by atoms with E-state index in [0.717, 1.165) is 18.6 Å². The highest BCUT2D eigenvalue weighted by Gasteiger charge is 2.41. The Bertz CT molecular complexity index is 341. The van der Waals surface area contributed by atoms with Gasteiger partial charge < -0.3 is 15.3 Å². The molecule has 1 fully saturated rings. The Balaban J connectivity index is 2.51. The van der Waals surface area contributed by atoms with Gasteiger partial charge in [-0.1, -0.05) is 6.92 Å². The maximum Gasteiger partial charge on any atom is 0.317 e. The average Bonchev–Trinajstić information content (AvgIpc) is 2.43. The van der Waals surface area contributed by atoms with Gasteiger partial charge in [-0.3, -0.25) is 4.79 Å². The summed E-state index contributed by atoms with van der Waals surface area (Å²) in [4.78, 5) is 25.1. The van der Waals surface area contributed by atoms with Crippen LogP contribution in [-0.2, 0) is 4.79 Å². The van der Waals surface area contributed by atoms with Gasteiger partial charge in [0, 0.05) is 25.9 Å². The van der Waals surface area contributed by atoms with E-state index in [4.69, 9.17) is 0 Å². The fraction of sp³-hybridized carbons (Fsp3) is 0.857. The molecule has 20 heavy (non-hydrogen) atoms. The second-order valence-corrected chi connectivity index (χ2v) is 6.83. The van der Waals surface area contributed by atoms with E-state index in [1.165, 1.54) is 0 Å². The number of carboxylic acids is 1. The lowest BCUT2D eigenvalue weighted by Crippen LogP contribution is -2.48. The van der Waals surface area contributed by atoms with E-state index in [2.05, 4.69) is 12.2 Å². The van der Waals surface area contributed by atoms with Crippen LogP contribution in [0.3, 0.4) is 0 Å². The highest BCUT2D eigenvalue weighted by Crippen LogP contribution is 2.38. The summed E-state index contributed by atoms with van der Waals surface area (Å²) in [7, 11) is 1.74. The molecular formula is C14H26N2O3S. The standard InChI is InChI=1S/C14H26N2O3S/c1-11-4-6-14(7-5-11,12(17)18)10-15-13(19)16(2)8-9-20-3/h11H,4-10H2,1-3H3,(H,15,19)(H,17,18). The quantitative estimate of drug-likeness (QED) is 0.789. The molecule has 0 heterocycles. The van der Waals surface area contributed by atoms with Gasteiger partial charge in [0.15, 0.2) is 0 Å². The summed E-state index contributed by atoms with van der Waals surface area (Å²) in [5, 5.41) is 12.3. The number of urea groups is 1. The molecule has 0 aromatic carbocycles. The van der Waals surface area contributed by atoms with Gasteiger partial charge in [0.25, 0.3) is 0 Å². The van der Waals surface area contributed by atoms with Crippen molar-refractivity contribution in [2.75, 3.05) is 32.1 Å². The van der Waals surface area contributed by atoms with Crippen molar-refractivity contribution in [1.29, 1.82) is 0 Å². The number of thioether (sulfide) groups is 1. The molecule has 1 saturated carbocycles. The number of rotatable bonds is 6. The molecule has 0 saturated heterocycles. The summed E-state index contributed by atoms with van der Waals surface area (Å²) in [6, 6.07) is -0.182. The Kier molecular flexibility index (Phi) is 6.65. The number of carboxylic acid groups (broad SMARTS) is 1. The topological polar surface area (TPSA) is 69.6 Å². The number of carbonyl (C=O) groups excluding carboxylic acids is 1. The van der Waals surface area contributed by atoms with E-state index in [1.807, 2.05) is 6.26 Å². The van der Waals surface area contributed by atoms with Gasteiger partial charge in [0.2, 0.25) is 0 Å². The summed E-state index contributed by atoms with van der Waals surface area (Å²) in [6.45, 7) is 3.06. The Hall–Kier alpha value is -0.910. The fourth-order valence-electron chi connectivity index (χ4n) is 2.49. The molecule has 116 valence electrons. The first-order valence-electron chi connectivity index (χ1n) is 7.12. The molecule has 0 spiro atoms. The molecule has 5 nitrogen and oxygen atoms in total. The smallest absolute Gasteiger partial charge is 0.317 e. The number of aliphatic carboxylic acids is 1. The number of carbonyl (C=O) groups is 2. The third kappa shape index (κ3) is 4.58. The first kappa shape index (κ1) is 17.1. The highest BCUT2D eigenvalue weighted by molar-refractivity contribution is 7.98. The molecule has 0 bridgehead atoms. The first-order chi connectivity index (χ1) is 9.41. The van der Waals surface area contributed by atoms with Crippen molar-refractivity contribution in [2.24, 2.45) is 11.3 Å². The monoisotopic (exact) mass is 302 g/mol. The first-order valence-corrected chi connectivity index (χ1v) is 8.52. The Morgan fingerprint density at radius 1 is 1.40 bits per heavy atom. The van der Waals surface area contributed by atoms with Crippen LogP contribution in [0.2, 0.25) is 0 Å². The molecule has 0 atom stereocenters. The lowest BCUT2D eigenvalue weighted by molar-refractivity contribution is -0.151. The minimum absolute atomic E-state index is 0.182. The van der Waals surface area contributed by atoms with E-state index in [-0.39, 0.29) is 12.6 Å². The largest absolute Gasteiger partial charge is 0.481 e. The predicted octanol–water partition coefficient (Wildman–Crippen LogP) is 2.27. The molecule has 2 amide bonds. The summed E-state index contributed by atoms with van der Waals surface area (Å²) in [6.07, 6.45) is 5.14. The van der Waals surface area contributed by atoms with Crippen LogP contribution >= 0.6 is 11.8 Å². The maximum absolute atomic E-state index is 11.9. The van der Waals surface area contributed by atoms with Gasteiger partial charge >= 0.3 is 12.0 Å². The van der Waals surface area contributed by atoms with Crippen molar-refractivity contribution < 1.29 is 14.7 Å². The van der Waals surface area contributed by atoms with Crippen molar-refractivity contribution in [1.82, 2.24) is 10.2 Å². The lowest BCUT2D eigenvalue weighted by Gasteiger charge is -2.36. The van der Waals surface area contributed by atoms with Crippen LogP contribution in [0.4, 0.5) is 4.79 Å².